The van der Waals surface area contributed by atoms with Crippen LogP contribution in [0.5, 0.6) is 0 Å². The Bertz CT molecular complexity index is 1400. The summed E-state index contributed by atoms with van der Waals surface area (Å²) in [4.78, 5) is 10.1. The number of rotatable bonds is 9. The van der Waals surface area contributed by atoms with Crippen molar-refractivity contribution in [3.05, 3.63) is 88.9 Å². The van der Waals surface area contributed by atoms with Crippen molar-refractivity contribution in [1.82, 2.24) is 20.2 Å². The quantitative estimate of drug-likeness (QED) is 0.242. The molecule has 4 aromatic rings. The number of nitrogens with one attached hydrogen (secondary N) is 3. The van der Waals surface area contributed by atoms with Crippen LogP contribution < -0.4 is 10.6 Å². The molecule has 188 valence electrons. The van der Waals surface area contributed by atoms with Crippen molar-refractivity contribution in [2.75, 3.05) is 31.5 Å². The number of benzene rings is 2. The summed E-state index contributed by atoms with van der Waals surface area (Å²) in [5.74, 6) is 0. The highest BCUT2D eigenvalue weighted by Gasteiger charge is 2.11. The summed E-state index contributed by atoms with van der Waals surface area (Å²) < 4.78 is 0. The Hall–Kier alpha value is -3.92. The van der Waals surface area contributed by atoms with E-state index in [9.17, 15) is 5.26 Å². The second-order valence-corrected chi connectivity index (χ2v) is 9.72. The van der Waals surface area contributed by atoms with Crippen LogP contribution >= 0.6 is 0 Å². The Balaban J connectivity index is 1.25. The molecule has 0 radical (unpaired) electrons. The minimum atomic E-state index is 0.515. The maximum absolute atomic E-state index is 9.74. The van der Waals surface area contributed by atoms with Crippen LogP contribution in [0.25, 0.3) is 23.1 Å². The fraction of sp³-hybridized carbons (Fsp3) is 0.290. The number of aryl methyl sites for hydroxylation is 1. The van der Waals surface area contributed by atoms with Gasteiger partial charge in [0.1, 0.15) is 6.07 Å². The van der Waals surface area contributed by atoms with Crippen LogP contribution in [0.3, 0.4) is 0 Å². The van der Waals surface area contributed by atoms with E-state index in [0.717, 1.165) is 58.6 Å². The van der Waals surface area contributed by atoms with Gasteiger partial charge in [0.25, 0.3) is 0 Å². The zero-order valence-electron chi connectivity index (χ0n) is 21.4. The van der Waals surface area contributed by atoms with E-state index in [0.29, 0.717) is 5.56 Å². The van der Waals surface area contributed by atoms with Crippen molar-refractivity contribution >= 4 is 34.4 Å². The van der Waals surface area contributed by atoms with Gasteiger partial charge in [-0.3, -0.25) is 4.98 Å². The molecule has 0 saturated carbocycles. The van der Waals surface area contributed by atoms with Crippen LogP contribution in [0.1, 0.15) is 47.1 Å². The maximum Gasteiger partial charge on any atom is 0.103 e. The summed E-state index contributed by atoms with van der Waals surface area (Å²) in [5, 5.41) is 18.0. The van der Waals surface area contributed by atoms with E-state index in [1.807, 2.05) is 18.3 Å². The second kappa shape index (κ2) is 11.9. The van der Waals surface area contributed by atoms with Crippen LogP contribution in [-0.2, 0) is 6.54 Å². The summed E-state index contributed by atoms with van der Waals surface area (Å²) in [6.45, 7) is 7.61. The van der Waals surface area contributed by atoms with Crippen molar-refractivity contribution < 1.29 is 0 Å². The van der Waals surface area contributed by atoms with E-state index in [-0.39, 0.29) is 0 Å². The van der Waals surface area contributed by atoms with Crippen molar-refractivity contribution in [3.63, 3.8) is 0 Å². The number of hydrogen-bond donors (Lipinski definition) is 3. The van der Waals surface area contributed by atoms with E-state index in [1.165, 1.54) is 37.9 Å². The van der Waals surface area contributed by atoms with Gasteiger partial charge in [0.2, 0.25) is 0 Å². The van der Waals surface area contributed by atoms with Crippen LogP contribution in [0.4, 0.5) is 11.4 Å². The number of aromatic amines is 1. The predicted octanol–water partition coefficient (Wildman–Crippen LogP) is 6.23. The molecule has 0 spiro atoms. The van der Waals surface area contributed by atoms with Gasteiger partial charge >= 0.3 is 0 Å². The number of nitriles is 1. The highest BCUT2D eigenvalue weighted by Crippen LogP contribution is 2.31. The van der Waals surface area contributed by atoms with Crippen molar-refractivity contribution in [1.29, 1.82) is 5.26 Å². The fourth-order valence-corrected chi connectivity index (χ4v) is 4.97. The molecule has 1 aliphatic heterocycles. The number of pyridine rings is 1. The van der Waals surface area contributed by atoms with Gasteiger partial charge in [-0.25, -0.2) is 0 Å². The molecular formula is C31H34N6. The number of fused-ring (bicyclic) bond motifs is 1. The Morgan fingerprint density at radius 2 is 1.86 bits per heavy atom. The average Bonchev–Trinajstić information content (AvgIpc) is 3.43. The smallest absolute Gasteiger partial charge is 0.103 e. The Kier molecular flexibility index (Phi) is 7.95. The van der Waals surface area contributed by atoms with Gasteiger partial charge < -0.3 is 20.5 Å². The maximum atomic E-state index is 9.74. The average molecular weight is 491 g/mol. The first-order valence-electron chi connectivity index (χ1n) is 13.1. The molecule has 3 heterocycles. The number of hydrogen-bond acceptors (Lipinski definition) is 5. The molecule has 2 aromatic heterocycles. The molecule has 5 rings (SSSR count). The van der Waals surface area contributed by atoms with Crippen molar-refractivity contribution in [2.24, 2.45) is 0 Å². The van der Waals surface area contributed by atoms with Crippen LogP contribution in [-0.4, -0.2) is 41.0 Å². The van der Waals surface area contributed by atoms with Gasteiger partial charge in [0.05, 0.1) is 11.3 Å². The van der Waals surface area contributed by atoms with E-state index in [1.54, 1.807) is 12.4 Å². The minimum absolute atomic E-state index is 0.515. The zero-order valence-corrected chi connectivity index (χ0v) is 21.4. The lowest BCUT2D eigenvalue weighted by Crippen LogP contribution is -2.35. The van der Waals surface area contributed by atoms with E-state index < -0.39 is 0 Å². The fourth-order valence-electron chi connectivity index (χ4n) is 4.97. The largest absolute Gasteiger partial charge is 0.361 e. The van der Waals surface area contributed by atoms with Gasteiger partial charge in [0.15, 0.2) is 0 Å². The summed E-state index contributed by atoms with van der Waals surface area (Å²) in [6.07, 6.45) is 13.5. The SMILES string of the molecule is Cc1c(Nc2c(C#N)cncc2/C=C/c2ccc(CNCCN3CCCCC3)cc2)ccc2[nH]ccc12. The number of H-pyrrole nitrogens is 1. The molecular weight excluding hydrogens is 456 g/mol. The van der Waals surface area contributed by atoms with E-state index in [4.69, 9.17) is 0 Å². The molecule has 1 fully saturated rings. The summed E-state index contributed by atoms with van der Waals surface area (Å²) in [5.41, 5.74) is 7.74. The Labute approximate surface area is 219 Å². The molecule has 6 heteroatoms. The number of anilines is 2. The predicted molar refractivity (Wildman–Crippen MR) is 153 cm³/mol. The summed E-state index contributed by atoms with van der Waals surface area (Å²) >= 11 is 0. The monoisotopic (exact) mass is 490 g/mol. The lowest BCUT2D eigenvalue weighted by Gasteiger charge is -2.26. The van der Waals surface area contributed by atoms with Gasteiger partial charge in [-0.15, -0.1) is 0 Å². The molecule has 37 heavy (non-hydrogen) atoms. The topological polar surface area (TPSA) is 79.8 Å². The normalized spacial score (nSPS) is 14.3. The van der Waals surface area contributed by atoms with Crippen molar-refractivity contribution in [3.8, 4) is 6.07 Å². The van der Waals surface area contributed by atoms with Gasteiger partial charge in [-0.1, -0.05) is 42.8 Å². The van der Waals surface area contributed by atoms with Gasteiger partial charge in [-0.05, 0) is 67.7 Å². The molecule has 6 nitrogen and oxygen atoms in total. The highest BCUT2D eigenvalue weighted by atomic mass is 15.1. The first kappa shape index (κ1) is 24.8. The van der Waals surface area contributed by atoms with Crippen LogP contribution in [0.2, 0.25) is 0 Å². The van der Waals surface area contributed by atoms with Crippen LogP contribution in [0, 0.1) is 18.3 Å². The molecule has 0 aliphatic carbocycles. The molecule has 1 saturated heterocycles. The molecule has 0 amide bonds. The lowest BCUT2D eigenvalue weighted by atomic mass is 10.1. The van der Waals surface area contributed by atoms with Crippen molar-refractivity contribution in [2.45, 2.75) is 32.7 Å². The lowest BCUT2D eigenvalue weighted by molar-refractivity contribution is 0.229. The Morgan fingerprint density at radius 1 is 1.03 bits per heavy atom. The van der Waals surface area contributed by atoms with Crippen LogP contribution in [0.15, 0.2) is 61.1 Å². The molecule has 0 bridgehead atoms. The van der Waals surface area contributed by atoms with E-state index in [2.05, 4.69) is 81.0 Å². The molecule has 3 N–H and O–H groups in total. The van der Waals surface area contributed by atoms with Gasteiger partial charge in [0, 0.05) is 60.4 Å². The van der Waals surface area contributed by atoms with Gasteiger partial charge in [-0.2, -0.15) is 5.26 Å². The highest BCUT2D eigenvalue weighted by molar-refractivity contribution is 5.90. The minimum Gasteiger partial charge on any atom is -0.361 e. The number of likely N-dealkylation sites (tertiary alicyclic amines) is 1. The number of aromatic nitrogens is 2. The standard InChI is InChI=1S/C31H34N6/c1-23-28-13-14-35-30(28)12-11-29(23)36-31-26(21-34-22-27(31)19-32)10-9-24-5-7-25(8-6-24)20-33-15-18-37-16-3-2-4-17-37/h5-14,21-22,33,35H,2-4,15-18,20H2,1H3,(H,34,36)/b10-9+. The Morgan fingerprint density at radius 3 is 2.68 bits per heavy atom. The third kappa shape index (κ3) is 6.08. The first-order chi connectivity index (χ1) is 18.2. The molecule has 0 atom stereocenters. The summed E-state index contributed by atoms with van der Waals surface area (Å²) in [6, 6.07) is 17.1. The number of piperidine rings is 1. The van der Waals surface area contributed by atoms with E-state index >= 15 is 0 Å². The number of nitrogens with zero attached hydrogens (tertiary/aromatic N) is 3. The molecule has 1 aliphatic rings. The summed E-state index contributed by atoms with van der Waals surface area (Å²) in [7, 11) is 0. The molecule has 2 aromatic carbocycles. The first-order valence-corrected chi connectivity index (χ1v) is 13.1. The second-order valence-electron chi connectivity index (χ2n) is 9.72. The third-order valence-electron chi connectivity index (χ3n) is 7.18. The third-order valence-corrected chi connectivity index (χ3v) is 7.18. The molecule has 0 unspecified atom stereocenters. The zero-order chi connectivity index (χ0) is 25.5.